The maximum Gasteiger partial charge on any atom is 0.337 e. The Hall–Kier alpha value is -2.52. The van der Waals surface area contributed by atoms with E-state index in [1.165, 1.54) is 28.4 Å². The molecular formula is C12H9ClN6O2S. The van der Waals surface area contributed by atoms with Crippen LogP contribution in [-0.4, -0.2) is 36.3 Å². The summed E-state index contributed by atoms with van der Waals surface area (Å²) in [6, 6.07) is 4.80. The molecule has 0 spiro atoms. The number of benzene rings is 1. The van der Waals surface area contributed by atoms with E-state index in [-0.39, 0.29) is 5.56 Å². The number of rotatable bonds is 5. The summed E-state index contributed by atoms with van der Waals surface area (Å²) in [4.78, 5) is 16.2. The summed E-state index contributed by atoms with van der Waals surface area (Å²) in [7, 11) is 0. The fourth-order valence-electron chi connectivity index (χ4n) is 1.83. The van der Waals surface area contributed by atoms with E-state index in [4.69, 9.17) is 11.6 Å². The van der Waals surface area contributed by atoms with Gasteiger partial charge in [-0.15, -0.1) is 16.4 Å². The zero-order chi connectivity index (χ0) is 15.5. The van der Waals surface area contributed by atoms with Gasteiger partial charge in [-0.2, -0.15) is 0 Å². The maximum absolute atomic E-state index is 11.3. The van der Waals surface area contributed by atoms with E-state index in [0.29, 0.717) is 22.4 Å². The number of carboxylic acids is 1. The van der Waals surface area contributed by atoms with Crippen LogP contribution in [-0.2, 0) is 6.54 Å². The Labute approximate surface area is 133 Å². The number of carbonyl (C=O) groups is 1. The first kappa shape index (κ1) is 14.4. The van der Waals surface area contributed by atoms with Crippen molar-refractivity contribution in [1.29, 1.82) is 0 Å². The second kappa shape index (κ2) is 6.08. The van der Waals surface area contributed by atoms with Crippen LogP contribution in [0.2, 0.25) is 4.47 Å². The van der Waals surface area contributed by atoms with Gasteiger partial charge >= 0.3 is 5.97 Å². The number of hydrogen-bond donors (Lipinski definition) is 2. The number of anilines is 1. The molecule has 0 radical (unpaired) electrons. The lowest BCUT2D eigenvalue weighted by molar-refractivity contribution is 0.0698. The number of nitrogens with zero attached hydrogens (tertiary/aromatic N) is 5. The van der Waals surface area contributed by atoms with Crippen LogP contribution in [0.15, 0.2) is 30.7 Å². The van der Waals surface area contributed by atoms with Gasteiger partial charge in [-0.05, 0) is 28.6 Å². The van der Waals surface area contributed by atoms with Crippen molar-refractivity contribution in [2.24, 2.45) is 0 Å². The van der Waals surface area contributed by atoms with Crippen LogP contribution in [0, 0.1) is 0 Å². The lowest BCUT2D eigenvalue weighted by Gasteiger charge is -2.10. The molecule has 0 bridgehead atoms. The van der Waals surface area contributed by atoms with Gasteiger partial charge in [0.1, 0.15) is 6.33 Å². The predicted octanol–water partition coefficient (Wildman–Crippen LogP) is 2.08. The molecule has 2 aromatic heterocycles. The monoisotopic (exact) mass is 336 g/mol. The van der Waals surface area contributed by atoms with E-state index in [9.17, 15) is 9.90 Å². The van der Waals surface area contributed by atoms with Gasteiger partial charge in [0.05, 0.1) is 23.5 Å². The highest BCUT2D eigenvalue weighted by Crippen LogP contribution is 2.23. The van der Waals surface area contributed by atoms with Crippen LogP contribution in [0.4, 0.5) is 5.69 Å². The molecule has 22 heavy (non-hydrogen) atoms. The summed E-state index contributed by atoms with van der Waals surface area (Å²) in [5, 5.41) is 23.2. The molecule has 0 saturated heterocycles. The summed E-state index contributed by atoms with van der Waals surface area (Å²) < 4.78 is 1.89. The van der Waals surface area contributed by atoms with Crippen molar-refractivity contribution in [3.8, 4) is 5.69 Å². The van der Waals surface area contributed by atoms with Crippen LogP contribution in [0.5, 0.6) is 0 Å². The first-order chi connectivity index (χ1) is 10.6. The smallest absolute Gasteiger partial charge is 0.337 e. The fraction of sp³-hybridized carbons (Fsp3) is 0.0833. The minimum atomic E-state index is -1.02. The number of aromatic carboxylic acids is 1. The standard InChI is InChI=1S/C12H9ClN6O2S/c13-12-15-5-8(22-12)4-14-10-3-7(19-6-16-17-18-19)1-2-9(10)11(20)21/h1-3,5-6,14H,4H2,(H,20,21). The second-order valence-corrected chi connectivity index (χ2v) is 5.92. The van der Waals surface area contributed by atoms with E-state index in [2.05, 4.69) is 25.8 Å². The predicted molar refractivity (Wildman–Crippen MR) is 80.6 cm³/mol. The van der Waals surface area contributed by atoms with Crippen molar-refractivity contribution in [3.05, 3.63) is 45.6 Å². The number of tetrazole rings is 1. The summed E-state index contributed by atoms with van der Waals surface area (Å²) in [6.45, 7) is 0.420. The molecular weight excluding hydrogens is 328 g/mol. The normalized spacial score (nSPS) is 10.6. The molecule has 2 N–H and O–H groups in total. The van der Waals surface area contributed by atoms with Crippen molar-refractivity contribution in [2.75, 3.05) is 5.32 Å². The van der Waals surface area contributed by atoms with Crippen molar-refractivity contribution in [3.63, 3.8) is 0 Å². The Kier molecular flexibility index (Phi) is 3.98. The largest absolute Gasteiger partial charge is 0.478 e. The second-order valence-electron chi connectivity index (χ2n) is 4.22. The molecule has 0 fully saturated rings. The number of carboxylic acid groups (broad SMARTS) is 1. The summed E-state index contributed by atoms with van der Waals surface area (Å²) >= 11 is 7.11. The molecule has 0 aliphatic carbocycles. The number of hydrogen-bond acceptors (Lipinski definition) is 7. The molecule has 3 rings (SSSR count). The lowest BCUT2D eigenvalue weighted by Crippen LogP contribution is -2.07. The highest BCUT2D eigenvalue weighted by molar-refractivity contribution is 7.15. The zero-order valence-corrected chi connectivity index (χ0v) is 12.5. The van der Waals surface area contributed by atoms with E-state index >= 15 is 0 Å². The van der Waals surface area contributed by atoms with Crippen LogP contribution in [0.25, 0.3) is 5.69 Å². The number of thiazole rings is 1. The van der Waals surface area contributed by atoms with E-state index in [1.54, 1.807) is 18.3 Å². The Morgan fingerprint density at radius 3 is 2.95 bits per heavy atom. The van der Waals surface area contributed by atoms with Gasteiger partial charge in [0.2, 0.25) is 0 Å². The molecule has 0 atom stereocenters. The van der Waals surface area contributed by atoms with Crippen molar-refractivity contribution in [1.82, 2.24) is 25.2 Å². The van der Waals surface area contributed by atoms with Crippen LogP contribution in [0.1, 0.15) is 15.2 Å². The quantitative estimate of drug-likeness (QED) is 0.734. The number of nitrogens with one attached hydrogen (secondary N) is 1. The van der Waals surface area contributed by atoms with Gasteiger partial charge in [-0.25, -0.2) is 14.5 Å². The van der Waals surface area contributed by atoms with E-state index < -0.39 is 5.97 Å². The summed E-state index contributed by atoms with van der Waals surface area (Å²) in [6.07, 6.45) is 3.08. The van der Waals surface area contributed by atoms with Gasteiger partial charge in [-0.1, -0.05) is 11.6 Å². The third kappa shape index (κ3) is 3.05. The molecule has 1 aromatic carbocycles. The first-order valence-electron chi connectivity index (χ1n) is 6.08. The summed E-state index contributed by atoms with van der Waals surface area (Å²) in [5.41, 5.74) is 1.28. The number of aromatic nitrogens is 5. The van der Waals surface area contributed by atoms with Crippen LogP contribution in [0.3, 0.4) is 0 Å². The zero-order valence-electron chi connectivity index (χ0n) is 11.0. The molecule has 112 valence electrons. The average molecular weight is 337 g/mol. The van der Waals surface area contributed by atoms with Crippen LogP contribution >= 0.6 is 22.9 Å². The molecule has 10 heteroatoms. The highest BCUT2D eigenvalue weighted by atomic mass is 35.5. The fourth-order valence-corrected chi connectivity index (χ4v) is 2.75. The molecule has 0 saturated carbocycles. The van der Waals surface area contributed by atoms with E-state index in [0.717, 1.165) is 4.88 Å². The molecule has 0 amide bonds. The first-order valence-corrected chi connectivity index (χ1v) is 7.28. The topological polar surface area (TPSA) is 106 Å². The Bertz CT molecular complexity index is 804. The molecule has 2 heterocycles. The third-order valence-corrected chi connectivity index (χ3v) is 3.94. The Morgan fingerprint density at radius 1 is 1.45 bits per heavy atom. The van der Waals surface area contributed by atoms with Gasteiger partial charge in [0, 0.05) is 11.1 Å². The van der Waals surface area contributed by atoms with Crippen molar-refractivity contribution >= 4 is 34.6 Å². The van der Waals surface area contributed by atoms with Crippen molar-refractivity contribution in [2.45, 2.75) is 6.54 Å². The van der Waals surface area contributed by atoms with Crippen LogP contribution < -0.4 is 5.32 Å². The molecule has 3 aromatic rings. The molecule has 0 aliphatic rings. The van der Waals surface area contributed by atoms with Gasteiger partial charge in [-0.3, -0.25) is 0 Å². The van der Waals surface area contributed by atoms with E-state index in [1.807, 2.05) is 0 Å². The Morgan fingerprint density at radius 2 is 2.32 bits per heavy atom. The Balaban J connectivity index is 1.89. The molecule has 8 nitrogen and oxygen atoms in total. The van der Waals surface area contributed by atoms with Gasteiger partial charge in [0.15, 0.2) is 4.47 Å². The molecule has 0 aliphatic heterocycles. The SMILES string of the molecule is O=C(O)c1ccc(-n2cnnn2)cc1NCc1cnc(Cl)s1. The van der Waals surface area contributed by atoms with Gasteiger partial charge in [0.25, 0.3) is 0 Å². The lowest BCUT2D eigenvalue weighted by atomic mass is 10.1. The average Bonchev–Trinajstić information content (AvgIpc) is 3.16. The molecule has 0 unspecified atom stereocenters. The minimum Gasteiger partial charge on any atom is -0.478 e. The van der Waals surface area contributed by atoms with Crippen molar-refractivity contribution < 1.29 is 9.90 Å². The number of halogens is 1. The third-order valence-electron chi connectivity index (χ3n) is 2.83. The maximum atomic E-state index is 11.3. The minimum absolute atomic E-state index is 0.160. The van der Waals surface area contributed by atoms with Gasteiger partial charge < -0.3 is 10.4 Å². The summed E-state index contributed by atoms with van der Waals surface area (Å²) in [5.74, 6) is -1.02. The highest BCUT2D eigenvalue weighted by Gasteiger charge is 2.12.